The summed E-state index contributed by atoms with van der Waals surface area (Å²) >= 11 is 3.45. The zero-order valence-electron chi connectivity index (χ0n) is 8.71. The van der Waals surface area contributed by atoms with E-state index in [1.807, 2.05) is 0 Å². The number of halogens is 2. The van der Waals surface area contributed by atoms with Gasteiger partial charge in [0.1, 0.15) is 0 Å². The summed E-state index contributed by atoms with van der Waals surface area (Å²) in [5, 5.41) is 0. The topological polar surface area (TPSA) is 26.0 Å². The summed E-state index contributed by atoms with van der Waals surface area (Å²) in [7, 11) is 0. The maximum absolute atomic E-state index is 6.42. The van der Waals surface area contributed by atoms with Crippen molar-refractivity contribution in [3.05, 3.63) is 34.3 Å². The van der Waals surface area contributed by atoms with Crippen LogP contribution < -0.4 is 5.73 Å². The van der Waals surface area contributed by atoms with Crippen LogP contribution in [0, 0.1) is 0 Å². The lowest BCUT2D eigenvalue weighted by Gasteiger charge is -2.34. The van der Waals surface area contributed by atoms with Gasteiger partial charge in [0.15, 0.2) is 0 Å². The highest BCUT2D eigenvalue weighted by Crippen LogP contribution is 2.34. The van der Waals surface area contributed by atoms with Crippen LogP contribution in [0.5, 0.6) is 0 Å². The Morgan fingerprint density at radius 1 is 1.00 bits per heavy atom. The zero-order valence-corrected chi connectivity index (χ0v) is 11.1. The molecule has 0 aliphatic heterocycles. The second kappa shape index (κ2) is 5.33. The molecule has 2 N–H and O–H groups in total. The molecule has 1 fully saturated rings. The van der Waals surface area contributed by atoms with Crippen LogP contribution in [0.1, 0.15) is 37.7 Å². The average molecular weight is 291 g/mol. The summed E-state index contributed by atoms with van der Waals surface area (Å²) < 4.78 is 1.13. The van der Waals surface area contributed by atoms with Crippen molar-refractivity contribution in [2.45, 2.75) is 37.6 Å². The molecule has 2 rings (SSSR count). The third-order valence-corrected chi connectivity index (χ3v) is 3.69. The normalized spacial score (nSPS) is 19.3. The van der Waals surface area contributed by atoms with Crippen LogP contribution in [0.25, 0.3) is 0 Å². The van der Waals surface area contributed by atoms with E-state index in [-0.39, 0.29) is 17.9 Å². The molecule has 1 aliphatic rings. The Balaban J connectivity index is 0.00000112. The minimum absolute atomic E-state index is 0. The van der Waals surface area contributed by atoms with E-state index < -0.39 is 0 Å². The van der Waals surface area contributed by atoms with Crippen molar-refractivity contribution >= 4 is 28.3 Å². The Morgan fingerprint density at radius 3 is 2.07 bits per heavy atom. The average Bonchev–Trinajstić information content (AvgIpc) is 2.19. The molecule has 1 aromatic rings. The van der Waals surface area contributed by atoms with Gasteiger partial charge in [-0.05, 0) is 30.5 Å². The quantitative estimate of drug-likeness (QED) is 0.831. The predicted octanol–water partition coefficient (Wildman–Crippen LogP) is 3.99. The third kappa shape index (κ3) is 2.96. The predicted molar refractivity (Wildman–Crippen MR) is 70.3 cm³/mol. The maximum Gasteiger partial charge on any atom is 0.0409 e. The van der Waals surface area contributed by atoms with Crippen LogP contribution in [-0.4, -0.2) is 0 Å². The van der Waals surface area contributed by atoms with Gasteiger partial charge in [-0.15, -0.1) is 12.4 Å². The molecular weight excluding hydrogens is 273 g/mol. The lowest BCUT2D eigenvalue weighted by atomic mass is 9.77. The molecule has 0 saturated heterocycles. The van der Waals surface area contributed by atoms with Crippen LogP contribution in [0.15, 0.2) is 28.7 Å². The lowest BCUT2D eigenvalue weighted by Crippen LogP contribution is -2.38. The summed E-state index contributed by atoms with van der Waals surface area (Å²) in [6.07, 6.45) is 6.15. The molecule has 0 aromatic heterocycles. The molecule has 84 valence electrons. The fourth-order valence-corrected chi connectivity index (χ4v) is 2.52. The smallest absolute Gasteiger partial charge is 0.0409 e. The van der Waals surface area contributed by atoms with Gasteiger partial charge in [-0.3, -0.25) is 0 Å². The molecule has 0 amide bonds. The highest BCUT2D eigenvalue weighted by atomic mass is 79.9. The zero-order chi connectivity index (χ0) is 10.0. The first kappa shape index (κ1) is 13.0. The highest BCUT2D eigenvalue weighted by Gasteiger charge is 2.28. The summed E-state index contributed by atoms with van der Waals surface area (Å²) in [5.74, 6) is 0. The van der Waals surface area contributed by atoms with E-state index in [2.05, 4.69) is 40.2 Å². The van der Waals surface area contributed by atoms with Crippen molar-refractivity contribution in [2.24, 2.45) is 5.73 Å². The molecule has 1 saturated carbocycles. The number of hydrogen-bond donors (Lipinski definition) is 1. The van der Waals surface area contributed by atoms with Crippen LogP contribution in [0.4, 0.5) is 0 Å². The SMILES string of the molecule is Cl.NC1(c2ccc(Br)cc2)CCCCC1. The van der Waals surface area contributed by atoms with Gasteiger partial charge in [0, 0.05) is 10.0 Å². The van der Waals surface area contributed by atoms with Gasteiger partial charge in [0.25, 0.3) is 0 Å². The summed E-state index contributed by atoms with van der Waals surface area (Å²) in [5.41, 5.74) is 7.65. The van der Waals surface area contributed by atoms with E-state index in [9.17, 15) is 0 Å². The largest absolute Gasteiger partial charge is 0.321 e. The van der Waals surface area contributed by atoms with E-state index >= 15 is 0 Å². The van der Waals surface area contributed by atoms with Gasteiger partial charge >= 0.3 is 0 Å². The molecule has 1 aromatic carbocycles. The minimum Gasteiger partial charge on any atom is -0.321 e. The molecule has 0 unspecified atom stereocenters. The molecule has 0 bridgehead atoms. The standard InChI is InChI=1S/C12H16BrN.ClH/c13-11-6-4-10(5-7-11)12(14)8-2-1-3-9-12;/h4-7H,1-3,8-9,14H2;1H. The Labute approximate surface area is 106 Å². The van der Waals surface area contributed by atoms with Gasteiger partial charge < -0.3 is 5.73 Å². The first-order chi connectivity index (χ1) is 6.71. The third-order valence-electron chi connectivity index (χ3n) is 3.16. The second-order valence-electron chi connectivity index (χ2n) is 4.22. The molecular formula is C12H17BrClN. The molecule has 0 spiro atoms. The number of rotatable bonds is 1. The van der Waals surface area contributed by atoms with E-state index in [4.69, 9.17) is 5.73 Å². The monoisotopic (exact) mass is 289 g/mol. The van der Waals surface area contributed by atoms with Crippen molar-refractivity contribution in [2.75, 3.05) is 0 Å². The second-order valence-corrected chi connectivity index (χ2v) is 5.14. The van der Waals surface area contributed by atoms with Crippen LogP contribution in [0.3, 0.4) is 0 Å². The van der Waals surface area contributed by atoms with Crippen molar-refractivity contribution in [3.63, 3.8) is 0 Å². The fraction of sp³-hybridized carbons (Fsp3) is 0.500. The molecule has 15 heavy (non-hydrogen) atoms. The van der Waals surface area contributed by atoms with Crippen LogP contribution in [0.2, 0.25) is 0 Å². The van der Waals surface area contributed by atoms with E-state index in [0.717, 1.165) is 17.3 Å². The van der Waals surface area contributed by atoms with Gasteiger partial charge in [0.2, 0.25) is 0 Å². The maximum atomic E-state index is 6.42. The molecule has 1 nitrogen and oxygen atoms in total. The van der Waals surface area contributed by atoms with Gasteiger partial charge in [0.05, 0.1) is 0 Å². The van der Waals surface area contributed by atoms with Crippen LogP contribution in [-0.2, 0) is 5.54 Å². The summed E-state index contributed by atoms with van der Waals surface area (Å²) in [6.45, 7) is 0. The van der Waals surface area contributed by atoms with Crippen molar-refractivity contribution < 1.29 is 0 Å². The van der Waals surface area contributed by atoms with Crippen molar-refractivity contribution in [1.82, 2.24) is 0 Å². The highest BCUT2D eigenvalue weighted by molar-refractivity contribution is 9.10. The molecule has 0 heterocycles. The Hall–Kier alpha value is -0.0500. The van der Waals surface area contributed by atoms with E-state index in [1.54, 1.807) is 0 Å². The summed E-state index contributed by atoms with van der Waals surface area (Å²) in [4.78, 5) is 0. The molecule has 0 atom stereocenters. The van der Waals surface area contributed by atoms with Gasteiger partial charge in [-0.2, -0.15) is 0 Å². The Kier molecular flexibility index (Phi) is 4.63. The Morgan fingerprint density at radius 2 is 1.53 bits per heavy atom. The lowest BCUT2D eigenvalue weighted by molar-refractivity contribution is 0.302. The van der Waals surface area contributed by atoms with Crippen LogP contribution >= 0.6 is 28.3 Å². The van der Waals surface area contributed by atoms with Gasteiger partial charge in [-0.1, -0.05) is 47.3 Å². The Bertz CT molecular complexity index is 304. The van der Waals surface area contributed by atoms with Gasteiger partial charge in [-0.25, -0.2) is 0 Å². The number of hydrogen-bond acceptors (Lipinski definition) is 1. The molecule has 0 radical (unpaired) electrons. The fourth-order valence-electron chi connectivity index (χ4n) is 2.25. The first-order valence-corrected chi connectivity index (χ1v) is 6.05. The van der Waals surface area contributed by atoms with Crippen molar-refractivity contribution in [3.8, 4) is 0 Å². The summed E-state index contributed by atoms with van der Waals surface area (Å²) in [6, 6.07) is 8.46. The molecule has 3 heteroatoms. The van der Waals surface area contributed by atoms with Crippen molar-refractivity contribution in [1.29, 1.82) is 0 Å². The minimum atomic E-state index is -0.0566. The molecule has 1 aliphatic carbocycles. The first-order valence-electron chi connectivity index (χ1n) is 5.26. The number of nitrogens with two attached hydrogens (primary N) is 1. The van der Waals surface area contributed by atoms with E-state index in [0.29, 0.717) is 0 Å². The number of benzene rings is 1. The van der Waals surface area contributed by atoms with E-state index in [1.165, 1.54) is 24.8 Å².